The monoisotopic (exact) mass is 223 g/mol. The fourth-order valence-corrected chi connectivity index (χ4v) is 0.959. The van der Waals surface area contributed by atoms with Crippen LogP contribution < -0.4 is 5.73 Å². The lowest BCUT2D eigenvalue weighted by atomic mass is 10.6. The molecule has 3 nitrogen and oxygen atoms in total. The number of halogens is 1. The quantitative estimate of drug-likeness (QED) is 0.654. The lowest BCUT2D eigenvalue weighted by molar-refractivity contribution is 0.760. The van der Waals surface area contributed by atoms with Gasteiger partial charge in [-0.15, -0.1) is 0 Å². The third-order valence-corrected chi connectivity index (χ3v) is 1.65. The molecule has 0 amide bonds. The number of hydrogen-bond donors (Lipinski definition) is 1. The van der Waals surface area contributed by atoms with Gasteiger partial charge in [-0.05, 0) is 22.6 Å². The number of nitrogen functional groups attached to an aromatic ring is 1. The van der Waals surface area contributed by atoms with Gasteiger partial charge in [0.15, 0.2) is 0 Å². The molecule has 44 valence electrons. The predicted molar refractivity (Wildman–Crippen MR) is 40.3 cm³/mol. The van der Waals surface area contributed by atoms with Crippen molar-refractivity contribution in [1.29, 1.82) is 0 Å². The van der Waals surface area contributed by atoms with E-state index in [1.807, 2.05) is 7.05 Å². The van der Waals surface area contributed by atoms with E-state index in [0.717, 1.165) is 9.39 Å². The molecule has 1 rings (SSSR count). The van der Waals surface area contributed by atoms with Crippen LogP contribution in [-0.4, -0.2) is 9.78 Å². The Balaban J connectivity index is 3.14. The van der Waals surface area contributed by atoms with Crippen molar-refractivity contribution in [1.82, 2.24) is 9.78 Å². The Bertz CT molecular complexity index is 174. The molecule has 0 aromatic carbocycles. The smallest absolute Gasteiger partial charge is 0.146 e. The highest BCUT2D eigenvalue weighted by molar-refractivity contribution is 14.1. The molecule has 8 heavy (non-hydrogen) atoms. The fraction of sp³-hybridized carbons (Fsp3) is 0.250. The van der Waals surface area contributed by atoms with Crippen molar-refractivity contribution in [2.45, 2.75) is 0 Å². The first-order valence-corrected chi connectivity index (χ1v) is 3.22. The summed E-state index contributed by atoms with van der Waals surface area (Å²) < 4.78 is 2.56. The molecule has 0 saturated heterocycles. The molecule has 1 heterocycles. The molecular weight excluding hydrogens is 217 g/mol. The van der Waals surface area contributed by atoms with E-state index in [-0.39, 0.29) is 0 Å². The van der Waals surface area contributed by atoms with Crippen LogP contribution in [0.5, 0.6) is 0 Å². The van der Waals surface area contributed by atoms with E-state index in [1.54, 1.807) is 10.9 Å². The van der Waals surface area contributed by atoms with Gasteiger partial charge in [0, 0.05) is 13.2 Å². The number of anilines is 1. The van der Waals surface area contributed by atoms with E-state index in [2.05, 4.69) is 27.7 Å². The molecule has 0 spiro atoms. The molecular formula is C4H6IN3. The molecule has 0 aliphatic heterocycles. The summed E-state index contributed by atoms with van der Waals surface area (Å²) in [6, 6.07) is 0. The first-order valence-electron chi connectivity index (χ1n) is 2.15. The molecule has 0 unspecified atom stereocenters. The number of rotatable bonds is 0. The lowest BCUT2D eigenvalue weighted by Crippen LogP contribution is -1.85. The minimum Gasteiger partial charge on any atom is -0.395 e. The summed E-state index contributed by atoms with van der Waals surface area (Å²) in [4.78, 5) is 0. The maximum atomic E-state index is 5.45. The minimum atomic E-state index is 0.744. The van der Waals surface area contributed by atoms with Crippen LogP contribution in [-0.2, 0) is 7.05 Å². The number of nitrogens with zero attached hydrogens (tertiary/aromatic N) is 2. The van der Waals surface area contributed by atoms with Crippen molar-refractivity contribution in [3.63, 3.8) is 0 Å². The Labute approximate surface area is 61.0 Å². The van der Waals surface area contributed by atoms with E-state index in [1.165, 1.54) is 0 Å². The topological polar surface area (TPSA) is 43.8 Å². The van der Waals surface area contributed by atoms with Crippen molar-refractivity contribution in [3.05, 3.63) is 9.90 Å². The largest absolute Gasteiger partial charge is 0.395 e. The van der Waals surface area contributed by atoms with Crippen molar-refractivity contribution in [2.24, 2.45) is 7.05 Å². The zero-order chi connectivity index (χ0) is 6.15. The summed E-state index contributed by atoms with van der Waals surface area (Å²) in [5.74, 6) is 0. The molecule has 0 atom stereocenters. The van der Waals surface area contributed by atoms with Gasteiger partial charge in [-0.25, -0.2) is 0 Å². The highest BCUT2D eigenvalue weighted by atomic mass is 127. The number of hydrogen-bond acceptors (Lipinski definition) is 2. The maximum absolute atomic E-state index is 5.45. The highest BCUT2D eigenvalue weighted by Crippen LogP contribution is 2.09. The van der Waals surface area contributed by atoms with Crippen LogP contribution in [0.1, 0.15) is 0 Å². The van der Waals surface area contributed by atoms with Crippen LogP contribution in [0.25, 0.3) is 0 Å². The molecule has 0 fully saturated rings. The summed E-state index contributed by atoms with van der Waals surface area (Å²) in [7, 11) is 1.85. The van der Waals surface area contributed by atoms with Gasteiger partial charge < -0.3 is 5.73 Å². The van der Waals surface area contributed by atoms with Gasteiger partial charge in [0.25, 0.3) is 0 Å². The zero-order valence-corrected chi connectivity index (χ0v) is 6.58. The van der Waals surface area contributed by atoms with Gasteiger partial charge >= 0.3 is 0 Å². The average molecular weight is 223 g/mol. The van der Waals surface area contributed by atoms with E-state index >= 15 is 0 Å². The van der Waals surface area contributed by atoms with Crippen LogP contribution in [0.2, 0.25) is 0 Å². The molecule has 1 aromatic rings. The Hall–Kier alpha value is -0.260. The molecule has 0 saturated carbocycles. The Morgan fingerprint density at radius 2 is 2.50 bits per heavy atom. The van der Waals surface area contributed by atoms with E-state index in [0.29, 0.717) is 0 Å². The van der Waals surface area contributed by atoms with Gasteiger partial charge in [0.2, 0.25) is 0 Å². The van der Waals surface area contributed by atoms with Crippen molar-refractivity contribution in [2.75, 3.05) is 5.73 Å². The average Bonchev–Trinajstić information content (AvgIpc) is 1.85. The maximum Gasteiger partial charge on any atom is 0.146 e. The first-order chi connectivity index (χ1) is 3.70. The summed E-state index contributed by atoms with van der Waals surface area (Å²) in [5.41, 5.74) is 6.19. The Kier molecular flexibility index (Phi) is 1.41. The third-order valence-electron chi connectivity index (χ3n) is 0.810. The van der Waals surface area contributed by atoms with Crippen molar-refractivity contribution < 1.29 is 0 Å². The second-order valence-electron chi connectivity index (χ2n) is 1.55. The van der Waals surface area contributed by atoms with Crippen molar-refractivity contribution >= 4 is 28.3 Å². The van der Waals surface area contributed by atoms with Crippen molar-refractivity contribution in [3.8, 4) is 0 Å². The van der Waals surface area contributed by atoms with Crippen LogP contribution >= 0.6 is 22.6 Å². The van der Waals surface area contributed by atoms with E-state index in [4.69, 9.17) is 5.73 Å². The zero-order valence-electron chi connectivity index (χ0n) is 4.43. The second kappa shape index (κ2) is 1.93. The second-order valence-corrected chi connectivity index (χ2v) is 2.57. The van der Waals surface area contributed by atoms with E-state index in [9.17, 15) is 0 Å². The normalized spacial score (nSPS) is 9.75. The molecule has 0 radical (unpaired) electrons. The SMILES string of the molecule is Cn1cc(N)c(I)n1. The van der Waals surface area contributed by atoms with Gasteiger partial charge in [-0.1, -0.05) is 0 Å². The fourth-order valence-electron chi connectivity index (χ4n) is 0.480. The van der Waals surface area contributed by atoms with Gasteiger partial charge in [0.1, 0.15) is 3.70 Å². The molecule has 2 N–H and O–H groups in total. The summed E-state index contributed by atoms with van der Waals surface area (Å²) in [6.45, 7) is 0. The summed E-state index contributed by atoms with van der Waals surface area (Å²) in [5, 5.41) is 3.99. The van der Waals surface area contributed by atoms with E-state index < -0.39 is 0 Å². The summed E-state index contributed by atoms with van der Waals surface area (Å²) >= 11 is 2.09. The van der Waals surface area contributed by atoms with Crippen LogP contribution in [0, 0.1) is 3.70 Å². The van der Waals surface area contributed by atoms with Gasteiger partial charge in [-0.2, -0.15) is 5.10 Å². The molecule has 0 aliphatic rings. The van der Waals surface area contributed by atoms with Crippen LogP contribution in [0.15, 0.2) is 6.20 Å². The molecule has 0 bridgehead atoms. The van der Waals surface area contributed by atoms with Gasteiger partial charge in [-0.3, -0.25) is 4.68 Å². The van der Waals surface area contributed by atoms with Crippen LogP contribution in [0.4, 0.5) is 5.69 Å². The Morgan fingerprint density at radius 1 is 1.88 bits per heavy atom. The number of nitrogens with two attached hydrogens (primary N) is 1. The molecule has 1 aromatic heterocycles. The predicted octanol–water partition coefficient (Wildman–Crippen LogP) is 0.607. The molecule has 0 aliphatic carbocycles. The lowest BCUT2D eigenvalue weighted by Gasteiger charge is -1.78. The third kappa shape index (κ3) is 0.936. The summed E-state index contributed by atoms with van der Waals surface area (Å²) in [6.07, 6.45) is 1.78. The highest BCUT2D eigenvalue weighted by Gasteiger charge is 1.95. The Morgan fingerprint density at radius 3 is 2.62 bits per heavy atom. The standard InChI is InChI=1S/C4H6IN3/c1-8-2-3(6)4(5)7-8/h2H,6H2,1H3. The minimum absolute atomic E-state index is 0.744. The van der Waals surface area contributed by atoms with Crippen LogP contribution in [0.3, 0.4) is 0 Å². The molecule has 4 heteroatoms. The number of aromatic nitrogens is 2. The number of aryl methyl sites for hydroxylation is 1. The van der Waals surface area contributed by atoms with Gasteiger partial charge in [0.05, 0.1) is 5.69 Å². The first kappa shape index (κ1) is 5.87.